The summed E-state index contributed by atoms with van der Waals surface area (Å²) in [5.41, 5.74) is 3.41. The molecule has 35 heavy (non-hydrogen) atoms. The summed E-state index contributed by atoms with van der Waals surface area (Å²) in [7, 11) is -2.39. The van der Waals surface area contributed by atoms with Crippen LogP contribution in [0.15, 0.2) is 77.7 Å². The molecule has 5 rings (SSSR count). The Hall–Kier alpha value is -3.63. The normalized spacial score (nSPS) is 17.2. The summed E-state index contributed by atoms with van der Waals surface area (Å²) in [6, 6.07) is 20.7. The number of amides is 2. The number of thiocarbonyl (C=S) groups is 1. The molecule has 2 aliphatic rings. The van der Waals surface area contributed by atoms with Crippen molar-refractivity contribution in [2.45, 2.75) is 17.4 Å². The fourth-order valence-electron chi connectivity index (χ4n) is 4.34. The fraction of sp³-hybridized carbons (Fsp3) is 0.200. The summed E-state index contributed by atoms with van der Waals surface area (Å²) < 4.78 is 32.8. The van der Waals surface area contributed by atoms with Crippen LogP contribution in [0.3, 0.4) is 0 Å². The van der Waals surface area contributed by atoms with Gasteiger partial charge in [0.05, 0.1) is 24.6 Å². The van der Waals surface area contributed by atoms with Crippen molar-refractivity contribution < 1.29 is 17.9 Å². The number of sulfonamides is 1. The highest BCUT2D eigenvalue weighted by Crippen LogP contribution is 2.33. The number of anilines is 2. The van der Waals surface area contributed by atoms with Crippen molar-refractivity contribution >= 4 is 44.8 Å². The lowest BCUT2D eigenvalue weighted by molar-refractivity contribution is 0.235. The predicted octanol–water partition coefficient (Wildman–Crippen LogP) is 3.91. The van der Waals surface area contributed by atoms with Crippen LogP contribution in [0.25, 0.3) is 0 Å². The van der Waals surface area contributed by atoms with E-state index >= 15 is 0 Å². The van der Waals surface area contributed by atoms with Crippen LogP contribution in [0.5, 0.6) is 5.75 Å². The maximum Gasteiger partial charge on any atom is 0.331 e. The van der Waals surface area contributed by atoms with E-state index < -0.39 is 16.1 Å². The van der Waals surface area contributed by atoms with Crippen molar-refractivity contribution in [3.8, 4) is 5.75 Å². The summed E-state index contributed by atoms with van der Waals surface area (Å²) >= 11 is 5.61. The lowest BCUT2D eigenvalue weighted by Crippen LogP contribution is -2.34. The molecule has 180 valence electrons. The molecule has 2 amide bonds. The van der Waals surface area contributed by atoms with E-state index in [-0.39, 0.29) is 17.5 Å². The number of methoxy groups -OCH3 is 1. The van der Waals surface area contributed by atoms with Gasteiger partial charge in [-0.25, -0.2) is 17.5 Å². The standard InChI is InChI=1S/C25H24N4O4S2/c1-33-20-9-7-19(8-10-20)26-25(34)28-14-13-18-15-21(11-12-23(18)28)35(31,32)29-16-22(27-24(29)30)17-5-3-2-4-6-17/h2-12,15,22H,13-14,16H2,1H3,(H,26,34)(H,27,30). The minimum atomic E-state index is -4.00. The molecule has 3 aromatic carbocycles. The molecular weight excluding hydrogens is 484 g/mol. The Morgan fingerprint density at radius 2 is 1.83 bits per heavy atom. The molecule has 0 aliphatic carbocycles. The van der Waals surface area contributed by atoms with Crippen LogP contribution in [0.1, 0.15) is 17.2 Å². The van der Waals surface area contributed by atoms with E-state index in [1.54, 1.807) is 19.2 Å². The minimum absolute atomic E-state index is 0.0459. The second-order valence-corrected chi connectivity index (χ2v) is 10.5. The quantitative estimate of drug-likeness (QED) is 0.505. The van der Waals surface area contributed by atoms with Gasteiger partial charge in [0.2, 0.25) is 0 Å². The summed E-state index contributed by atoms with van der Waals surface area (Å²) in [5, 5.41) is 6.50. The van der Waals surface area contributed by atoms with Crippen molar-refractivity contribution in [2.75, 3.05) is 30.4 Å². The third-order valence-electron chi connectivity index (χ3n) is 6.20. The topological polar surface area (TPSA) is 91.0 Å². The Kier molecular flexibility index (Phi) is 6.08. The van der Waals surface area contributed by atoms with Crippen molar-refractivity contribution in [3.63, 3.8) is 0 Å². The van der Waals surface area contributed by atoms with Crippen LogP contribution in [0.4, 0.5) is 16.2 Å². The number of hydrogen-bond donors (Lipinski definition) is 2. The van der Waals surface area contributed by atoms with Gasteiger partial charge in [-0.2, -0.15) is 0 Å². The zero-order valence-corrected chi connectivity index (χ0v) is 20.6. The Morgan fingerprint density at radius 3 is 2.54 bits per heavy atom. The van der Waals surface area contributed by atoms with Gasteiger partial charge >= 0.3 is 6.03 Å². The first-order chi connectivity index (χ1) is 16.9. The molecule has 0 aromatic heterocycles. The first-order valence-corrected chi connectivity index (χ1v) is 13.0. The number of ether oxygens (including phenoxy) is 1. The van der Waals surface area contributed by atoms with Gasteiger partial charge in [0.15, 0.2) is 5.11 Å². The smallest absolute Gasteiger partial charge is 0.331 e. The van der Waals surface area contributed by atoms with Crippen LogP contribution >= 0.6 is 12.2 Å². The van der Waals surface area contributed by atoms with Crippen LogP contribution in [0, 0.1) is 0 Å². The minimum Gasteiger partial charge on any atom is -0.497 e. The molecule has 1 fully saturated rings. The summed E-state index contributed by atoms with van der Waals surface area (Å²) in [6.07, 6.45) is 0.641. The number of carbonyl (C=O) groups excluding carboxylic acids is 1. The molecule has 0 spiro atoms. The van der Waals surface area contributed by atoms with Crippen molar-refractivity contribution in [3.05, 3.63) is 83.9 Å². The average molecular weight is 509 g/mol. The van der Waals surface area contributed by atoms with E-state index in [2.05, 4.69) is 10.6 Å². The molecule has 2 heterocycles. The van der Waals surface area contributed by atoms with Gasteiger partial charge in [-0.3, -0.25) is 0 Å². The van der Waals surface area contributed by atoms with Gasteiger partial charge in [0.25, 0.3) is 10.0 Å². The number of nitrogens with one attached hydrogen (secondary N) is 2. The molecule has 1 unspecified atom stereocenters. The third-order valence-corrected chi connectivity index (χ3v) is 8.26. The first kappa shape index (κ1) is 23.1. The van der Waals surface area contributed by atoms with E-state index in [4.69, 9.17) is 17.0 Å². The van der Waals surface area contributed by atoms with Crippen LogP contribution in [-0.2, 0) is 16.4 Å². The number of fused-ring (bicyclic) bond motifs is 1. The second-order valence-electron chi connectivity index (χ2n) is 8.30. The van der Waals surface area contributed by atoms with Gasteiger partial charge < -0.3 is 20.3 Å². The van der Waals surface area contributed by atoms with Gasteiger partial charge in [-0.15, -0.1) is 0 Å². The van der Waals surface area contributed by atoms with E-state index in [1.807, 2.05) is 59.5 Å². The summed E-state index contributed by atoms with van der Waals surface area (Å²) in [6.45, 7) is 0.672. The van der Waals surface area contributed by atoms with Crippen molar-refractivity contribution in [2.24, 2.45) is 0 Å². The lowest BCUT2D eigenvalue weighted by Gasteiger charge is -2.22. The molecule has 2 aliphatic heterocycles. The third kappa shape index (κ3) is 4.42. The van der Waals surface area contributed by atoms with E-state index in [1.165, 1.54) is 6.07 Å². The Bertz CT molecular complexity index is 1380. The van der Waals surface area contributed by atoms with Gasteiger partial charge in [-0.05, 0) is 72.2 Å². The average Bonchev–Trinajstić information content (AvgIpc) is 3.48. The molecule has 3 aromatic rings. The Labute approximate surface area is 209 Å². The number of carbonyl (C=O) groups is 1. The Balaban J connectivity index is 1.33. The monoisotopic (exact) mass is 508 g/mol. The molecular formula is C25H24N4O4S2. The maximum atomic E-state index is 13.3. The van der Waals surface area contributed by atoms with Gasteiger partial charge in [-0.1, -0.05) is 30.3 Å². The molecule has 0 radical (unpaired) electrons. The van der Waals surface area contributed by atoms with Gasteiger partial charge in [0.1, 0.15) is 5.75 Å². The highest BCUT2D eigenvalue weighted by Gasteiger charge is 2.39. The predicted molar refractivity (Wildman–Crippen MR) is 138 cm³/mol. The summed E-state index contributed by atoms with van der Waals surface area (Å²) in [5.74, 6) is 0.753. The zero-order chi connectivity index (χ0) is 24.6. The highest BCUT2D eigenvalue weighted by atomic mass is 32.2. The van der Waals surface area contributed by atoms with Gasteiger partial charge in [0, 0.05) is 17.9 Å². The molecule has 1 atom stereocenters. The highest BCUT2D eigenvalue weighted by molar-refractivity contribution is 7.89. The number of rotatable bonds is 5. The van der Waals surface area contributed by atoms with E-state index in [0.29, 0.717) is 18.1 Å². The van der Waals surface area contributed by atoms with Crippen molar-refractivity contribution in [1.82, 2.24) is 9.62 Å². The number of nitrogens with zero attached hydrogens (tertiary/aromatic N) is 2. The van der Waals surface area contributed by atoms with Crippen LogP contribution in [-0.4, -0.2) is 44.1 Å². The van der Waals surface area contributed by atoms with Crippen LogP contribution in [0.2, 0.25) is 0 Å². The Morgan fingerprint density at radius 1 is 1.09 bits per heavy atom. The molecule has 2 N–H and O–H groups in total. The van der Waals surface area contributed by atoms with E-state index in [0.717, 1.165) is 32.6 Å². The first-order valence-electron chi connectivity index (χ1n) is 11.1. The maximum absolute atomic E-state index is 13.3. The number of hydrogen-bond acceptors (Lipinski definition) is 5. The molecule has 0 saturated carbocycles. The fourth-order valence-corrected chi connectivity index (χ4v) is 6.05. The number of benzene rings is 3. The molecule has 0 bridgehead atoms. The molecule has 10 heteroatoms. The lowest BCUT2D eigenvalue weighted by atomic mass is 10.1. The summed E-state index contributed by atoms with van der Waals surface area (Å²) in [4.78, 5) is 14.6. The molecule has 8 nitrogen and oxygen atoms in total. The SMILES string of the molecule is COc1ccc(NC(=S)N2CCc3cc(S(=O)(=O)N4CC(c5ccccc5)NC4=O)ccc32)cc1. The zero-order valence-electron chi connectivity index (χ0n) is 19.0. The van der Waals surface area contributed by atoms with Crippen LogP contribution < -0.4 is 20.3 Å². The number of urea groups is 1. The molecule has 1 saturated heterocycles. The largest absolute Gasteiger partial charge is 0.497 e. The van der Waals surface area contributed by atoms with Crippen molar-refractivity contribution in [1.29, 1.82) is 0 Å². The van der Waals surface area contributed by atoms with E-state index in [9.17, 15) is 13.2 Å². The second kappa shape index (κ2) is 9.20.